The molecule has 1 aromatic carbocycles. The summed E-state index contributed by atoms with van der Waals surface area (Å²) in [7, 11) is 3.88. The van der Waals surface area contributed by atoms with E-state index < -0.39 is 0 Å². The van der Waals surface area contributed by atoms with Crippen molar-refractivity contribution in [3.63, 3.8) is 0 Å². The summed E-state index contributed by atoms with van der Waals surface area (Å²) in [5.41, 5.74) is 3.95. The van der Waals surface area contributed by atoms with Crippen LogP contribution in [0.25, 0.3) is 34.2 Å². The van der Waals surface area contributed by atoms with E-state index in [2.05, 4.69) is 65.7 Å². The second kappa shape index (κ2) is 9.51. The number of benzene rings is 1. The van der Waals surface area contributed by atoms with Gasteiger partial charge in [-0.25, -0.2) is 9.97 Å². The van der Waals surface area contributed by atoms with Gasteiger partial charge in [0.05, 0.1) is 29.9 Å². The third-order valence-electron chi connectivity index (χ3n) is 7.23. The minimum atomic E-state index is 0.0681. The SMILES string of the molecule is COC(C)Cc1nc(-c2cn3c(n2)-c2ccc(-c4ccnn4C4CCN(C)CC4)cc2OCC3)n[nH]1. The van der Waals surface area contributed by atoms with Gasteiger partial charge in [-0.05, 0) is 58.1 Å². The van der Waals surface area contributed by atoms with Gasteiger partial charge in [-0.3, -0.25) is 9.78 Å². The van der Waals surface area contributed by atoms with E-state index in [4.69, 9.17) is 14.5 Å². The fourth-order valence-corrected chi connectivity index (χ4v) is 5.08. The van der Waals surface area contributed by atoms with Gasteiger partial charge in [-0.2, -0.15) is 10.2 Å². The smallest absolute Gasteiger partial charge is 0.201 e. The molecule has 188 valence electrons. The molecule has 2 aliphatic rings. The Morgan fingerprint density at radius 1 is 1.17 bits per heavy atom. The zero-order valence-electron chi connectivity index (χ0n) is 21.0. The van der Waals surface area contributed by atoms with Gasteiger partial charge in [0.1, 0.15) is 29.7 Å². The molecule has 0 radical (unpaired) electrons. The number of hydrogen-bond acceptors (Lipinski definition) is 7. The highest BCUT2D eigenvalue weighted by Crippen LogP contribution is 2.37. The molecule has 5 heterocycles. The van der Waals surface area contributed by atoms with Crippen LogP contribution in [0.15, 0.2) is 36.7 Å². The van der Waals surface area contributed by atoms with E-state index in [1.54, 1.807) is 7.11 Å². The average Bonchev–Trinajstić information content (AvgIpc) is 3.63. The minimum absolute atomic E-state index is 0.0681. The zero-order valence-corrected chi connectivity index (χ0v) is 21.0. The number of rotatable bonds is 6. The summed E-state index contributed by atoms with van der Waals surface area (Å²) in [5, 5.41) is 12.1. The Hall–Kier alpha value is -3.50. The second-order valence-electron chi connectivity index (χ2n) is 9.75. The number of fused-ring (bicyclic) bond motifs is 3. The maximum absolute atomic E-state index is 6.18. The fourth-order valence-electron chi connectivity index (χ4n) is 5.08. The third-order valence-corrected chi connectivity index (χ3v) is 7.23. The van der Waals surface area contributed by atoms with Crippen molar-refractivity contribution in [3.8, 4) is 39.9 Å². The van der Waals surface area contributed by atoms with Gasteiger partial charge < -0.3 is 18.9 Å². The summed E-state index contributed by atoms with van der Waals surface area (Å²) in [4.78, 5) is 11.9. The molecule has 1 saturated heterocycles. The highest BCUT2D eigenvalue weighted by Gasteiger charge is 2.24. The molecule has 10 heteroatoms. The number of imidazole rings is 1. The summed E-state index contributed by atoms with van der Waals surface area (Å²) < 4.78 is 15.8. The van der Waals surface area contributed by atoms with Crippen LogP contribution in [0.2, 0.25) is 0 Å². The van der Waals surface area contributed by atoms with Gasteiger partial charge in [0.2, 0.25) is 5.82 Å². The molecule has 0 saturated carbocycles. The van der Waals surface area contributed by atoms with Crippen LogP contribution in [0.1, 0.15) is 31.6 Å². The molecule has 0 aliphatic carbocycles. The van der Waals surface area contributed by atoms with Gasteiger partial charge in [0.15, 0.2) is 0 Å². The van der Waals surface area contributed by atoms with Crippen LogP contribution in [0.4, 0.5) is 0 Å². The topological polar surface area (TPSA) is 98.9 Å². The van der Waals surface area contributed by atoms with Crippen LogP contribution in [0, 0.1) is 0 Å². The molecule has 1 atom stereocenters. The molecule has 6 rings (SSSR count). The van der Waals surface area contributed by atoms with Gasteiger partial charge in [-0.15, -0.1) is 0 Å². The first-order valence-electron chi connectivity index (χ1n) is 12.6. The van der Waals surface area contributed by atoms with Crippen molar-refractivity contribution in [2.75, 3.05) is 33.9 Å². The van der Waals surface area contributed by atoms with E-state index in [-0.39, 0.29) is 6.10 Å². The number of H-pyrrole nitrogens is 1. The molecule has 36 heavy (non-hydrogen) atoms. The van der Waals surface area contributed by atoms with Crippen molar-refractivity contribution in [1.29, 1.82) is 0 Å². The number of nitrogens with zero attached hydrogens (tertiary/aromatic N) is 7. The lowest BCUT2D eigenvalue weighted by molar-refractivity contribution is 0.117. The van der Waals surface area contributed by atoms with Crippen LogP contribution in [-0.4, -0.2) is 79.4 Å². The monoisotopic (exact) mass is 488 g/mol. The molecule has 1 N–H and O–H groups in total. The first-order valence-corrected chi connectivity index (χ1v) is 12.6. The Labute approximate surface area is 210 Å². The Bertz CT molecular complexity index is 1350. The van der Waals surface area contributed by atoms with E-state index in [9.17, 15) is 0 Å². The number of hydrogen-bond donors (Lipinski definition) is 1. The molecule has 0 bridgehead atoms. The fraction of sp³-hybridized carbons (Fsp3) is 0.462. The average molecular weight is 489 g/mol. The molecule has 2 aliphatic heterocycles. The third kappa shape index (κ3) is 4.31. The van der Waals surface area contributed by atoms with Crippen molar-refractivity contribution in [2.24, 2.45) is 0 Å². The molecule has 1 unspecified atom stereocenters. The lowest BCUT2D eigenvalue weighted by Crippen LogP contribution is -2.32. The van der Waals surface area contributed by atoms with Crippen LogP contribution in [-0.2, 0) is 17.7 Å². The predicted octanol–water partition coefficient (Wildman–Crippen LogP) is 3.44. The maximum atomic E-state index is 6.18. The van der Waals surface area contributed by atoms with Crippen LogP contribution in [0.5, 0.6) is 5.75 Å². The summed E-state index contributed by atoms with van der Waals surface area (Å²) in [6.45, 7) is 5.48. The van der Waals surface area contributed by atoms with E-state index in [0.717, 1.165) is 65.8 Å². The Morgan fingerprint density at radius 3 is 2.86 bits per heavy atom. The number of aromatic nitrogens is 7. The van der Waals surface area contributed by atoms with Gasteiger partial charge >= 0.3 is 0 Å². The second-order valence-corrected chi connectivity index (χ2v) is 9.75. The standard InChI is InChI=1S/C26H32N8O2/c1-17(35-3)14-24-29-25(31-30-24)21-16-33-12-13-36-23-15-18(4-5-20(23)26(33)28-21)22-6-9-27-34(22)19-7-10-32(2)11-8-19/h4-6,9,15-17,19H,7-8,10-14H2,1-3H3,(H,29,30,31). The van der Waals surface area contributed by atoms with Crippen molar-refractivity contribution in [1.82, 2.24) is 39.4 Å². The quantitative estimate of drug-likeness (QED) is 0.444. The molecule has 0 spiro atoms. The zero-order chi connectivity index (χ0) is 24.6. The maximum Gasteiger partial charge on any atom is 0.201 e. The molecule has 4 aromatic rings. The Kier molecular flexibility index (Phi) is 6.06. The molecular weight excluding hydrogens is 456 g/mol. The molecule has 10 nitrogen and oxygen atoms in total. The predicted molar refractivity (Wildman–Crippen MR) is 136 cm³/mol. The van der Waals surface area contributed by atoms with E-state index in [1.165, 1.54) is 0 Å². The number of aromatic amines is 1. The Morgan fingerprint density at radius 2 is 2.03 bits per heavy atom. The highest BCUT2D eigenvalue weighted by atomic mass is 16.5. The number of ether oxygens (including phenoxy) is 2. The Balaban J connectivity index is 1.30. The molecular formula is C26H32N8O2. The number of nitrogens with one attached hydrogen (secondary N) is 1. The van der Waals surface area contributed by atoms with E-state index >= 15 is 0 Å². The van der Waals surface area contributed by atoms with Crippen LogP contribution in [0.3, 0.4) is 0 Å². The summed E-state index contributed by atoms with van der Waals surface area (Å²) in [6, 6.07) is 8.89. The van der Waals surface area contributed by atoms with Crippen molar-refractivity contribution >= 4 is 0 Å². The van der Waals surface area contributed by atoms with Gasteiger partial charge in [0.25, 0.3) is 0 Å². The first-order chi connectivity index (χ1) is 17.6. The summed E-state index contributed by atoms with van der Waals surface area (Å²) in [5.74, 6) is 3.08. The van der Waals surface area contributed by atoms with E-state index in [0.29, 0.717) is 31.4 Å². The molecule has 1 fully saturated rings. The molecule has 3 aromatic heterocycles. The largest absolute Gasteiger partial charge is 0.491 e. The highest BCUT2D eigenvalue weighted by molar-refractivity contribution is 5.74. The summed E-state index contributed by atoms with van der Waals surface area (Å²) in [6.07, 6.45) is 6.87. The normalized spacial score (nSPS) is 17.3. The van der Waals surface area contributed by atoms with Crippen molar-refractivity contribution in [3.05, 3.63) is 42.5 Å². The van der Waals surface area contributed by atoms with Crippen molar-refractivity contribution < 1.29 is 9.47 Å². The number of methoxy groups -OCH3 is 1. The van der Waals surface area contributed by atoms with Crippen LogP contribution < -0.4 is 4.74 Å². The van der Waals surface area contributed by atoms with Crippen LogP contribution >= 0.6 is 0 Å². The van der Waals surface area contributed by atoms with Gasteiger partial charge in [-0.1, -0.05) is 6.07 Å². The van der Waals surface area contributed by atoms with E-state index in [1.807, 2.05) is 19.3 Å². The minimum Gasteiger partial charge on any atom is -0.491 e. The molecule has 0 amide bonds. The first kappa shape index (κ1) is 22.9. The number of piperidine rings is 1. The summed E-state index contributed by atoms with van der Waals surface area (Å²) >= 11 is 0. The van der Waals surface area contributed by atoms with Crippen molar-refractivity contribution in [2.45, 2.75) is 44.9 Å². The lowest BCUT2D eigenvalue weighted by Gasteiger charge is -2.30. The van der Waals surface area contributed by atoms with Gasteiger partial charge in [0, 0.05) is 31.5 Å². The number of likely N-dealkylation sites (tertiary alicyclic amines) is 1. The lowest BCUT2D eigenvalue weighted by atomic mass is 10.0.